The molecule has 1 aliphatic heterocycles. The first-order chi connectivity index (χ1) is 5.04. The quantitative estimate of drug-likeness (QED) is 0.605. The van der Waals surface area contributed by atoms with Crippen molar-refractivity contribution in [1.29, 1.82) is 0 Å². The van der Waals surface area contributed by atoms with Gasteiger partial charge in [-0.05, 0) is 5.41 Å². The van der Waals surface area contributed by atoms with Crippen LogP contribution >= 0.6 is 11.8 Å². The smallest absolute Gasteiger partial charge is 0.137 e. The van der Waals surface area contributed by atoms with Crippen molar-refractivity contribution in [3.63, 3.8) is 0 Å². The van der Waals surface area contributed by atoms with E-state index in [1.54, 1.807) is 0 Å². The number of carbonyl (C=O) groups excluding carboxylic acids is 1. The highest BCUT2D eigenvalue weighted by molar-refractivity contribution is 8.00. The number of aldehydes is 1. The third-order valence-corrected chi connectivity index (χ3v) is 3.49. The fourth-order valence-electron chi connectivity index (χ4n) is 1.07. The summed E-state index contributed by atoms with van der Waals surface area (Å²) in [6.45, 7) is 6.56. The topological polar surface area (TPSA) is 29.1 Å². The maximum Gasteiger partial charge on any atom is 0.137 e. The molecule has 3 heteroatoms. The molecular formula is C8H15NOS. The second-order valence-corrected chi connectivity index (χ2v) is 5.13. The number of thioether (sulfide) groups is 1. The van der Waals surface area contributed by atoms with Crippen molar-refractivity contribution in [2.45, 2.75) is 32.2 Å². The van der Waals surface area contributed by atoms with Gasteiger partial charge in [-0.2, -0.15) is 0 Å². The van der Waals surface area contributed by atoms with Gasteiger partial charge in [0.25, 0.3) is 0 Å². The zero-order chi connectivity index (χ0) is 8.48. The standard InChI is InChI=1S/C8H15NOS/c1-8(2,3)7-9-6(4-10)5-11-7/h4,6-7,9H,5H2,1-3H3. The molecule has 0 amide bonds. The van der Waals surface area contributed by atoms with E-state index in [4.69, 9.17) is 0 Å². The predicted octanol–water partition coefficient (Wildman–Crippen LogP) is 1.26. The lowest BCUT2D eigenvalue weighted by molar-refractivity contribution is -0.109. The minimum atomic E-state index is 0.0734. The van der Waals surface area contributed by atoms with Crippen LogP contribution in [0.25, 0.3) is 0 Å². The van der Waals surface area contributed by atoms with Crippen molar-refractivity contribution >= 4 is 18.0 Å². The van der Waals surface area contributed by atoms with E-state index in [0.29, 0.717) is 5.37 Å². The number of nitrogens with one attached hydrogen (secondary N) is 1. The summed E-state index contributed by atoms with van der Waals surface area (Å²) in [7, 11) is 0. The number of hydrogen-bond donors (Lipinski definition) is 1. The first kappa shape index (κ1) is 9.07. The van der Waals surface area contributed by atoms with Crippen molar-refractivity contribution in [2.24, 2.45) is 5.41 Å². The van der Waals surface area contributed by atoms with Crippen molar-refractivity contribution < 1.29 is 4.79 Å². The van der Waals surface area contributed by atoms with Crippen LogP contribution in [-0.4, -0.2) is 23.5 Å². The monoisotopic (exact) mass is 173 g/mol. The molecule has 0 aromatic rings. The lowest BCUT2D eigenvalue weighted by atomic mass is 9.96. The van der Waals surface area contributed by atoms with Crippen LogP contribution in [0.5, 0.6) is 0 Å². The third kappa shape index (κ3) is 2.20. The van der Waals surface area contributed by atoms with Gasteiger partial charge in [0.2, 0.25) is 0 Å². The summed E-state index contributed by atoms with van der Waals surface area (Å²) in [4.78, 5) is 10.4. The molecule has 2 nitrogen and oxygen atoms in total. The third-order valence-electron chi connectivity index (χ3n) is 1.76. The highest BCUT2D eigenvalue weighted by Crippen LogP contribution is 2.32. The van der Waals surface area contributed by atoms with Crippen LogP contribution in [0.2, 0.25) is 0 Å². The van der Waals surface area contributed by atoms with Crippen LogP contribution in [0, 0.1) is 5.41 Å². The maximum atomic E-state index is 10.4. The van der Waals surface area contributed by atoms with Crippen LogP contribution in [-0.2, 0) is 4.79 Å². The summed E-state index contributed by atoms with van der Waals surface area (Å²) in [6, 6.07) is 0.0734. The first-order valence-electron chi connectivity index (χ1n) is 3.87. The zero-order valence-corrected chi connectivity index (χ0v) is 8.07. The molecule has 11 heavy (non-hydrogen) atoms. The zero-order valence-electron chi connectivity index (χ0n) is 7.26. The predicted molar refractivity (Wildman–Crippen MR) is 48.7 cm³/mol. The van der Waals surface area contributed by atoms with Gasteiger partial charge >= 0.3 is 0 Å². The summed E-state index contributed by atoms with van der Waals surface area (Å²) < 4.78 is 0. The van der Waals surface area contributed by atoms with Crippen molar-refractivity contribution in [1.82, 2.24) is 5.32 Å². The van der Waals surface area contributed by atoms with Crippen LogP contribution in [0.3, 0.4) is 0 Å². The number of rotatable bonds is 1. The van der Waals surface area contributed by atoms with E-state index >= 15 is 0 Å². The van der Waals surface area contributed by atoms with Gasteiger partial charge in [0.1, 0.15) is 6.29 Å². The highest BCUT2D eigenvalue weighted by Gasteiger charge is 2.32. The van der Waals surface area contributed by atoms with Crippen LogP contribution in [0.1, 0.15) is 20.8 Å². The van der Waals surface area contributed by atoms with Gasteiger partial charge in [0.15, 0.2) is 0 Å². The van der Waals surface area contributed by atoms with E-state index in [1.165, 1.54) is 0 Å². The average Bonchev–Trinajstić information content (AvgIpc) is 2.32. The van der Waals surface area contributed by atoms with E-state index in [1.807, 2.05) is 11.8 Å². The van der Waals surface area contributed by atoms with Crippen LogP contribution < -0.4 is 5.32 Å². The molecule has 1 N–H and O–H groups in total. The molecule has 1 saturated heterocycles. The van der Waals surface area contributed by atoms with Gasteiger partial charge in [-0.15, -0.1) is 11.8 Å². The summed E-state index contributed by atoms with van der Waals surface area (Å²) in [5.74, 6) is 0.922. The maximum absolute atomic E-state index is 10.4. The minimum absolute atomic E-state index is 0.0734. The highest BCUT2D eigenvalue weighted by atomic mass is 32.2. The molecule has 1 rings (SSSR count). The van der Waals surface area contributed by atoms with E-state index in [2.05, 4.69) is 26.1 Å². The molecule has 64 valence electrons. The Balaban J connectivity index is 2.48. The van der Waals surface area contributed by atoms with E-state index < -0.39 is 0 Å². The van der Waals surface area contributed by atoms with Crippen LogP contribution in [0.15, 0.2) is 0 Å². The van der Waals surface area contributed by atoms with Crippen molar-refractivity contribution in [3.05, 3.63) is 0 Å². The number of hydrogen-bond acceptors (Lipinski definition) is 3. The molecule has 0 aromatic heterocycles. The fraction of sp³-hybridized carbons (Fsp3) is 0.875. The van der Waals surface area contributed by atoms with Gasteiger partial charge in [0.05, 0.1) is 11.4 Å². The molecule has 1 heterocycles. The fourth-order valence-corrected chi connectivity index (χ4v) is 2.41. The second kappa shape index (κ2) is 3.15. The van der Waals surface area contributed by atoms with E-state index in [0.717, 1.165) is 12.0 Å². The second-order valence-electron chi connectivity index (χ2n) is 3.99. The Bertz CT molecular complexity index is 153. The van der Waals surface area contributed by atoms with E-state index in [9.17, 15) is 4.79 Å². The largest absolute Gasteiger partial charge is 0.302 e. The normalized spacial score (nSPS) is 32.3. The molecule has 0 saturated carbocycles. The Morgan fingerprint density at radius 3 is 2.45 bits per heavy atom. The van der Waals surface area contributed by atoms with Gasteiger partial charge in [0, 0.05) is 5.75 Å². The minimum Gasteiger partial charge on any atom is -0.302 e. The first-order valence-corrected chi connectivity index (χ1v) is 4.92. The lowest BCUT2D eigenvalue weighted by Gasteiger charge is -2.26. The Labute approximate surface area is 72.1 Å². The molecule has 2 atom stereocenters. The van der Waals surface area contributed by atoms with Crippen molar-refractivity contribution in [2.75, 3.05) is 5.75 Å². The van der Waals surface area contributed by atoms with Gasteiger partial charge < -0.3 is 4.79 Å². The molecule has 0 spiro atoms. The Morgan fingerprint density at radius 2 is 2.18 bits per heavy atom. The SMILES string of the molecule is CC(C)(C)C1NC(C=O)CS1. The molecule has 0 bridgehead atoms. The Hall–Kier alpha value is -0.0200. The Morgan fingerprint density at radius 1 is 1.55 bits per heavy atom. The van der Waals surface area contributed by atoms with Gasteiger partial charge in [-0.3, -0.25) is 5.32 Å². The Kier molecular flexibility index (Phi) is 2.60. The van der Waals surface area contributed by atoms with Gasteiger partial charge in [-0.1, -0.05) is 20.8 Å². The van der Waals surface area contributed by atoms with Crippen molar-refractivity contribution in [3.8, 4) is 0 Å². The number of carbonyl (C=O) groups is 1. The van der Waals surface area contributed by atoms with Crippen LogP contribution in [0.4, 0.5) is 0 Å². The molecule has 2 unspecified atom stereocenters. The molecule has 0 aliphatic carbocycles. The van der Waals surface area contributed by atoms with Gasteiger partial charge in [-0.25, -0.2) is 0 Å². The average molecular weight is 173 g/mol. The molecule has 0 radical (unpaired) electrons. The summed E-state index contributed by atoms with van der Waals surface area (Å²) >= 11 is 1.84. The molecule has 0 aromatic carbocycles. The summed E-state index contributed by atoms with van der Waals surface area (Å²) in [5, 5.41) is 3.70. The lowest BCUT2D eigenvalue weighted by Crippen LogP contribution is -2.38. The van der Waals surface area contributed by atoms with E-state index in [-0.39, 0.29) is 11.5 Å². The molecular weight excluding hydrogens is 158 g/mol. The summed E-state index contributed by atoms with van der Waals surface area (Å²) in [6.07, 6.45) is 0.999. The summed E-state index contributed by atoms with van der Waals surface area (Å²) in [5.41, 5.74) is 0.252. The molecule has 1 fully saturated rings. The molecule has 1 aliphatic rings.